The van der Waals surface area contributed by atoms with Crippen LogP contribution < -0.4 is 11.5 Å². The van der Waals surface area contributed by atoms with Gasteiger partial charge in [0.25, 0.3) is 0 Å². The number of aromatic nitrogens is 5. The van der Waals surface area contributed by atoms with Crippen LogP contribution in [0.15, 0.2) is 188 Å². The Bertz CT molecular complexity index is 2700. The summed E-state index contributed by atoms with van der Waals surface area (Å²) in [4.78, 5) is 15.6. The van der Waals surface area contributed by atoms with Crippen LogP contribution in [0.2, 0.25) is 0 Å². The predicted octanol–water partition coefficient (Wildman–Crippen LogP) is 11.3. The maximum atomic E-state index is 7.33. The van der Waals surface area contributed by atoms with Gasteiger partial charge in [-0.3, -0.25) is 14.1 Å². The van der Waals surface area contributed by atoms with E-state index < -0.39 is 0 Å². The van der Waals surface area contributed by atoms with E-state index in [4.69, 9.17) is 26.4 Å². The minimum atomic E-state index is 0.493. The second-order valence-corrected chi connectivity index (χ2v) is 13.7. The number of pyridine rings is 3. The zero-order chi connectivity index (χ0) is 37.6. The van der Waals surface area contributed by atoms with Crippen molar-refractivity contribution in [3.63, 3.8) is 0 Å². The molecule has 0 spiro atoms. The lowest BCUT2D eigenvalue weighted by molar-refractivity contribution is 1.01. The van der Waals surface area contributed by atoms with E-state index in [9.17, 15) is 0 Å². The van der Waals surface area contributed by atoms with E-state index in [0.717, 1.165) is 61.2 Å². The second kappa shape index (κ2) is 13.6. The van der Waals surface area contributed by atoms with Gasteiger partial charge in [-0.1, -0.05) is 140 Å². The molecule has 10 aromatic rings. The fourth-order valence-electron chi connectivity index (χ4n) is 7.71. The molecule has 266 valence electrons. The molecule has 5 aromatic carbocycles. The first-order valence-electron chi connectivity index (χ1n) is 18.5. The molecule has 0 aliphatic rings. The van der Waals surface area contributed by atoms with E-state index in [1.165, 1.54) is 0 Å². The lowest BCUT2D eigenvalue weighted by Crippen LogP contribution is -2.08. The summed E-state index contributed by atoms with van der Waals surface area (Å²) in [5, 5.41) is 0.885. The molecule has 7 nitrogen and oxygen atoms in total. The first-order chi connectivity index (χ1) is 27.6. The molecule has 0 unspecified atom stereocenters. The lowest BCUT2D eigenvalue weighted by Gasteiger charge is -2.18. The van der Waals surface area contributed by atoms with Crippen molar-refractivity contribution >= 4 is 33.3 Å². The zero-order valence-electron chi connectivity index (χ0n) is 30.3. The molecular weight excluding hydrogens is 687 g/mol. The fourth-order valence-corrected chi connectivity index (χ4v) is 7.71. The highest BCUT2D eigenvalue weighted by atomic mass is 15.2. The standard InChI is InChI=1S/C49H35N7/c50-45-38-24-13-14-25-41(38)55(43-30-36(32-16-5-1-6-17-32)28-39(53-43)34-20-9-3-10-21-34)48(45)49-46(51)47-42(26-15-27-52-47)56(49)44-31-37(33-18-7-2-8-19-33)29-40(54-44)35-22-11-4-12-23-35/h1-31H,50-51H2. The van der Waals surface area contributed by atoms with Gasteiger partial charge in [-0.05, 0) is 64.7 Å². The molecule has 7 heteroatoms. The van der Waals surface area contributed by atoms with Crippen molar-refractivity contribution in [1.29, 1.82) is 0 Å². The van der Waals surface area contributed by atoms with E-state index >= 15 is 0 Å². The van der Waals surface area contributed by atoms with Gasteiger partial charge in [0.1, 0.15) is 17.2 Å². The van der Waals surface area contributed by atoms with Crippen molar-refractivity contribution < 1.29 is 0 Å². The highest BCUT2D eigenvalue weighted by Crippen LogP contribution is 2.46. The molecular formula is C49H35N7. The van der Waals surface area contributed by atoms with Crippen LogP contribution in [-0.4, -0.2) is 24.1 Å². The Labute approximate surface area is 323 Å². The molecule has 4 N–H and O–H groups in total. The van der Waals surface area contributed by atoms with Crippen molar-refractivity contribution in [2.24, 2.45) is 0 Å². The predicted molar refractivity (Wildman–Crippen MR) is 229 cm³/mol. The molecule has 10 rings (SSSR count). The van der Waals surface area contributed by atoms with Crippen molar-refractivity contribution in [2.75, 3.05) is 11.5 Å². The van der Waals surface area contributed by atoms with Gasteiger partial charge in [0.05, 0.1) is 45.2 Å². The number of rotatable bonds is 7. The summed E-state index contributed by atoms with van der Waals surface area (Å²) in [6.45, 7) is 0. The van der Waals surface area contributed by atoms with Crippen LogP contribution in [-0.2, 0) is 0 Å². The van der Waals surface area contributed by atoms with Gasteiger partial charge in [-0.25, -0.2) is 9.97 Å². The van der Waals surface area contributed by atoms with Crippen LogP contribution in [0.25, 0.3) is 89.7 Å². The SMILES string of the molecule is Nc1c(-c2c(N)c3ncccc3n2-c2cc(-c3ccccc3)cc(-c3ccccc3)n2)n(-c2cc(-c3ccccc3)cc(-c3ccccc3)n2)c2ccccc12. The van der Waals surface area contributed by atoms with Crippen LogP contribution in [0.1, 0.15) is 0 Å². The average molecular weight is 722 g/mol. The number of hydrogen-bond acceptors (Lipinski definition) is 5. The topological polar surface area (TPSA) is 101 Å². The van der Waals surface area contributed by atoms with Gasteiger partial charge in [0.2, 0.25) is 0 Å². The van der Waals surface area contributed by atoms with Crippen LogP contribution in [0.4, 0.5) is 11.4 Å². The maximum absolute atomic E-state index is 7.33. The van der Waals surface area contributed by atoms with Gasteiger partial charge in [-0.2, -0.15) is 0 Å². The number of anilines is 2. The first kappa shape index (κ1) is 32.8. The van der Waals surface area contributed by atoms with Crippen molar-refractivity contribution in [3.05, 3.63) is 188 Å². The van der Waals surface area contributed by atoms with Crippen molar-refractivity contribution in [1.82, 2.24) is 24.1 Å². The van der Waals surface area contributed by atoms with E-state index in [2.05, 4.69) is 112 Å². The minimum absolute atomic E-state index is 0.493. The van der Waals surface area contributed by atoms with E-state index in [1.807, 2.05) is 78.9 Å². The molecule has 0 atom stereocenters. The van der Waals surface area contributed by atoms with Crippen molar-refractivity contribution in [3.8, 4) is 67.8 Å². The fraction of sp³-hybridized carbons (Fsp3) is 0. The Morgan fingerprint density at radius 2 is 0.804 bits per heavy atom. The molecule has 0 aliphatic heterocycles. The largest absolute Gasteiger partial charge is 0.396 e. The monoisotopic (exact) mass is 721 g/mol. The third kappa shape index (κ3) is 5.58. The molecule has 5 aromatic heterocycles. The number of para-hydroxylation sites is 1. The van der Waals surface area contributed by atoms with E-state index in [1.54, 1.807) is 6.20 Å². The molecule has 0 fully saturated rings. The molecule has 56 heavy (non-hydrogen) atoms. The Morgan fingerprint density at radius 1 is 0.375 bits per heavy atom. The summed E-state index contributed by atoms with van der Waals surface area (Å²) >= 11 is 0. The first-order valence-corrected chi connectivity index (χ1v) is 18.5. The highest BCUT2D eigenvalue weighted by Gasteiger charge is 2.28. The van der Waals surface area contributed by atoms with Crippen LogP contribution in [0.3, 0.4) is 0 Å². The average Bonchev–Trinajstić information content (AvgIpc) is 3.74. The highest BCUT2D eigenvalue weighted by molar-refractivity contribution is 6.08. The lowest BCUT2D eigenvalue weighted by atomic mass is 10.0. The van der Waals surface area contributed by atoms with Crippen LogP contribution in [0, 0.1) is 0 Å². The Morgan fingerprint density at radius 3 is 1.34 bits per heavy atom. The van der Waals surface area contributed by atoms with Crippen molar-refractivity contribution in [2.45, 2.75) is 0 Å². The maximum Gasteiger partial charge on any atom is 0.139 e. The smallest absolute Gasteiger partial charge is 0.139 e. The number of hydrogen-bond donors (Lipinski definition) is 2. The summed E-state index contributed by atoms with van der Waals surface area (Å²) < 4.78 is 4.25. The normalized spacial score (nSPS) is 11.4. The summed E-state index contributed by atoms with van der Waals surface area (Å²) in [7, 11) is 0. The molecule has 0 radical (unpaired) electrons. The van der Waals surface area contributed by atoms with Crippen LogP contribution >= 0.6 is 0 Å². The third-order valence-corrected chi connectivity index (χ3v) is 10.3. The third-order valence-electron chi connectivity index (χ3n) is 10.3. The van der Waals surface area contributed by atoms with Gasteiger partial charge < -0.3 is 11.5 Å². The number of nitrogens with two attached hydrogens (primary N) is 2. The van der Waals surface area contributed by atoms with E-state index in [0.29, 0.717) is 39.9 Å². The number of nitrogen functional groups attached to an aromatic ring is 2. The quantitative estimate of drug-likeness (QED) is 0.171. The van der Waals surface area contributed by atoms with E-state index in [-0.39, 0.29) is 0 Å². The molecule has 0 saturated carbocycles. The number of nitrogens with zero attached hydrogens (tertiary/aromatic N) is 5. The summed E-state index contributed by atoms with van der Waals surface area (Å²) in [6, 6.07) is 61.9. The number of fused-ring (bicyclic) bond motifs is 2. The van der Waals surface area contributed by atoms with Crippen LogP contribution in [0.5, 0.6) is 0 Å². The zero-order valence-corrected chi connectivity index (χ0v) is 30.3. The molecule has 0 amide bonds. The van der Waals surface area contributed by atoms with Gasteiger partial charge in [-0.15, -0.1) is 0 Å². The minimum Gasteiger partial charge on any atom is -0.396 e. The summed E-state index contributed by atoms with van der Waals surface area (Å²) in [6.07, 6.45) is 1.77. The molecule has 0 bridgehead atoms. The molecule has 0 aliphatic carbocycles. The number of benzene rings is 5. The second-order valence-electron chi connectivity index (χ2n) is 13.7. The summed E-state index contributed by atoms with van der Waals surface area (Å²) in [5.74, 6) is 1.38. The Balaban J connectivity index is 1.31. The molecule has 5 heterocycles. The summed E-state index contributed by atoms with van der Waals surface area (Å²) in [5.41, 5.74) is 27.3. The van der Waals surface area contributed by atoms with Gasteiger partial charge >= 0.3 is 0 Å². The van der Waals surface area contributed by atoms with Gasteiger partial charge in [0.15, 0.2) is 0 Å². The Kier molecular flexibility index (Phi) is 7.96. The molecule has 0 saturated heterocycles. The Hall–Kier alpha value is -7.77. The van der Waals surface area contributed by atoms with Gasteiger partial charge in [0, 0.05) is 22.7 Å².